The number of ketones is 1. The molecule has 23 heavy (non-hydrogen) atoms. The molecule has 2 amide bonds. The lowest BCUT2D eigenvalue weighted by atomic mass is 10.0. The average molecular weight is 310 g/mol. The molecule has 0 radical (unpaired) electrons. The number of ether oxygens (including phenoxy) is 1. The SMILES string of the molecule is CC(=O)c1cccc(NC(=O)NC2COc3ccccc3C2)c1. The highest BCUT2D eigenvalue weighted by molar-refractivity contribution is 5.96. The lowest BCUT2D eigenvalue weighted by molar-refractivity contribution is 0.101. The normalized spacial score (nSPS) is 16.0. The van der Waals surface area contributed by atoms with Crippen LogP contribution in [0.25, 0.3) is 0 Å². The molecule has 0 aliphatic carbocycles. The van der Waals surface area contributed by atoms with Crippen LogP contribution in [0.3, 0.4) is 0 Å². The predicted molar refractivity (Wildman–Crippen MR) is 88.0 cm³/mol. The second kappa shape index (κ2) is 6.52. The monoisotopic (exact) mass is 310 g/mol. The van der Waals surface area contributed by atoms with Crippen LogP contribution in [-0.4, -0.2) is 24.5 Å². The van der Waals surface area contributed by atoms with Crippen molar-refractivity contribution in [2.45, 2.75) is 19.4 Å². The van der Waals surface area contributed by atoms with E-state index in [9.17, 15) is 9.59 Å². The van der Waals surface area contributed by atoms with Crippen molar-refractivity contribution in [3.05, 3.63) is 59.7 Å². The molecule has 118 valence electrons. The van der Waals surface area contributed by atoms with Gasteiger partial charge < -0.3 is 15.4 Å². The Kier molecular flexibility index (Phi) is 4.28. The maximum absolute atomic E-state index is 12.1. The largest absolute Gasteiger partial charge is 0.491 e. The van der Waals surface area contributed by atoms with Crippen molar-refractivity contribution in [3.63, 3.8) is 0 Å². The third-order valence-corrected chi connectivity index (χ3v) is 3.74. The van der Waals surface area contributed by atoms with Gasteiger partial charge in [0.1, 0.15) is 12.4 Å². The number of amides is 2. The van der Waals surface area contributed by atoms with Crippen molar-refractivity contribution in [1.82, 2.24) is 5.32 Å². The Labute approximate surface area is 134 Å². The third kappa shape index (κ3) is 3.69. The van der Waals surface area contributed by atoms with Gasteiger partial charge in [0.05, 0.1) is 6.04 Å². The van der Waals surface area contributed by atoms with E-state index in [4.69, 9.17) is 4.74 Å². The van der Waals surface area contributed by atoms with E-state index in [0.717, 1.165) is 17.7 Å². The highest BCUT2D eigenvalue weighted by Crippen LogP contribution is 2.23. The Morgan fingerprint density at radius 2 is 1.96 bits per heavy atom. The number of rotatable bonds is 3. The van der Waals surface area contributed by atoms with Crippen LogP contribution < -0.4 is 15.4 Å². The third-order valence-electron chi connectivity index (χ3n) is 3.74. The van der Waals surface area contributed by atoms with Gasteiger partial charge in [0.2, 0.25) is 0 Å². The van der Waals surface area contributed by atoms with E-state index in [2.05, 4.69) is 10.6 Å². The molecule has 1 aliphatic heterocycles. The van der Waals surface area contributed by atoms with Crippen molar-refractivity contribution < 1.29 is 14.3 Å². The molecule has 1 aliphatic rings. The van der Waals surface area contributed by atoms with Crippen LogP contribution in [0, 0.1) is 0 Å². The molecule has 2 aromatic rings. The van der Waals surface area contributed by atoms with Gasteiger partial charge in [-0.25, -0.2) is 4.79 Å². The number of Topliss-reactive ketones (excluding diaryl/α,β-unsaturated/α-hetero) is 1. The number of nitrogens with one attached hydrogen (secondary N) is 2. The molecule has 1 unspecified atom stereocenters. The molecular weight excluding hydrogens is 292 g/mol. The molecule has 5 heteroatoms. The fraction of sp³-hybridized carbons (Fsp3) is 0.222. The highest BCUT2D eigenvalue weighted by atomic mass is 16.5. The number of urea groups is 1. The van der Waals surface area contributed by atoms with Gasteiger partial charge in [-0.15, -0.1) is 0 Å². The maximum Gasteiger partial charge on any atom is 0.319 e. The predicted octanol–water partition coefficient (Wildman–Crippen LogP) is 3.01. The van der Waals surface area contributed by atoms with E-state index in [0.29, 0.717) is 17.9 Å². The van der Waals surface area contributed by atoms with Crippen molar-refractivity contribution in [1.29, 1.82) is 0 Å². The second-order valence-electron chi connectivity index (χ2n) is 5.56. The van der Waals surface area contributed by atoms with Crippen molar-refractivity contribution >= 4 is 17.5 Å². The minimum Gasteiger partial charge on any atom is -0.491 e. The number of hydrogen-bond acceptors (Lipinski definition) is 3. The summed E-state index contributed by atoms with van der Waals surface area (Å²) in [5.41, 5.74) is 2.24. The molecule has 1 heterocycles. The first kappa shape index (κ1) is 15.1. The number of anilines is 1. The average Bonchev–Trinajstić information content (AvgIpc) is 2.55. The van der Waals surface area contributed by atoms with Crippen LogP contribution in [0.1, 0.15) is 22.8 Å². The van der Waals surface area contributed by atoms with Crippen LogP contribution >= 0.6 is 0 Å². The van der Waals surface area contributed by atoms with Gasteiger partial charge in [0.25, 0.3) is 0 Å². The molecule has 2 N–H and O–H groups in total. The van der Waals surface area contributed by atoms with Gasteiger partial charge in [-0.2, -0.15) is 0 Å². The van der Waals surface area contributed by atoms with E-state index in [1.807, 2.05) is 24.3 Å². The summed E-state index contributed by atoms with van der Waals surface area (Å²) in [7, 11) is 0. The van der Waals surface area contributed by atoms with Crippen LogP contribution in [-0.2, 0) is 6.42 Å². The molecule has 0 aromatic heterocycles. The molecule has 5 nitrogen and oxygen atoms in total. The van der Waals surface area contributed by atoms with E-state index in [1.54, 1.807) is 24.3 Å². The first-order chi connectivity index (χ1) is 11.1. The summed E-state index contributed by atoms with van der Waals surface area (Å²) in [6, 6.07) is 14.3. The zero-order chi connectivity index (χ0) is 16.2. The van der Waals surface area contributed by atoms with Crippen LogP contribution in [0.4, 0.5) is 10.5 Å². The first-order valence-corrected chi connectivity index (χ1v) is 7.51. The molecule has 1 atom stereocenters. The van der Waals surface area contributed by atoms with Gasteiger partial charge in [0.15, 0.2) is 5.78 Å². The second-order valence-corrected chi connectivity index (χ2v) is 5.56. The molecule has 0 fully saturated rings. The summed E-state index contributed by atoms with van der Waals surface area (Å²) in [4.78, 5) is 23.5. The molecule has 3 rings (SSSR count). The number of hydrogen-bond donors (Lipinski definition) is 2. The Hall–Kier alpha value is -2.82. The minimum absolute atomic E-state index is 0.0358. The summed E-state index contributed by atoms with van der Waals surface area (Å²) >= 11 is 0. The molecular formula is C18H18N2O3. The molecule has 0 spiro atoms. The van der Waals surface area contributed by atoms with E-state index < -0.39 is 0 Å². The molecule has 0 saturated carbocycles. The van der Waals surface area contributed by atoms with Gasteiger partial charge in [-0.05, 0) is 37.1 Å². The van der Waals surface area contributed by atoms with Crippen molar-refractivity contribution in [2.24, 2.45) is 0 Å². The lowest BCUT2D eigenvalue weighted by Crippen LogP contribution is -2.44. The molecule has 2 aromatic carbocycles. The summed E-state index contributed by atoms with van der Waals surface area (Å²) < 4.78 is 5.65. The summed E-state index contributed by atoms with van der Waals surface area (Å²) in [5.74, 6) is 0.839. The van der Waals surface area contributed by atoms with Crippen molar-refractivity contribution in [2.75, 3.05) is 11.9 Å². The number of carbonyl (C=O) groups excluding carboxylic acids is 2. The standard InChI is InChI=1S/C18H18N2O3/c1-12(21)13-6-4-7-15(9-13)19-18(22)20-16-10-14-5-2-3-8-17(14)23-11-16/h2-9,16H,10-11H2,1H3,(H2,19,20,22). The van der Waals surface area contributed by atoms with E-state index >= 15 is 0 Å². The van der Waals surface area contributed by atoms with Gasteiger partial charge in [-0.3, -0.25) is 4.79 Å². The number of carbonyl (C=O) groups is 2. The zero-order valence-electron chi connectivity index (χ0n) is 12.8. The summed E-state index contributed by atoms with van der Waals surface area (Å²) in [6.07, 6.45) is 0.733. The van der Waals surface area contributed by atoms with E-state index in [-0.39, 0.29) is 17.9 Å². The van der Waals surface area contributed by atoms with Gasteiger partial charge >= 0.3 is 6.03 Å². The summed E-state index contributed by atoms with van der Waals surface area (Å²) in [5, 5.41) is 5.65. The van der Waals surface area contributed by atoms with Crippen LogP contribution in [0.5, 0.6) is 5.75 Å². The zero-order valence-corrected chi connectivity index (χ0v) is 12.8. The number of para-hydroxylation sites is 1. The fourth-order valence-corrected chi connectivity index (χ4v) is 2.59. The highest BCUT2D eigenvalue weighted by Gasteiger charge is 2.21. The van der Waals surface area contributed by atoms with E-state index in [1.165, 1.54) is 6.92 Å². The fourth-order valence-electron chi connectivity index (χ4n) is 2.59. The van der Waals surface area contributed by atoms with Crippen LogP contribution in [0.15, 0.2) is 48.5 Å². The lowest BCUT2D eigenvalue weighted by Gasteiger charge is -2.26. The Bertz CT molecular complexity index is 743. The number of fused-ring (bicyclic) bond motifs is 1. The quantitative estimate of drug-likeness (QED) is 0.856. The number of benzene rings is 2. The Morgan fingerprint density at radius 1 is 1.13 bits per heavy atom. The first-order valence-electron chi connectivity index (χ1n) is 7.51. The molecule has 0 bridgehead atoms. The topological polar surface area (TPSA) is 67.4 Å². The van der Waals surface area contributed by atoms with Crippen LogP contribution in [0.2, 0.25) is 0 Å². The summed E-state index contributed by atoms with van der Waals surface area (Å²) in [6.45, 7) is 1.94. The Morgan fingerprint density at radius 3 is 2.78 bits per heavy atom. The maximum atomic E-state index is 12.1. The minimum atomic E-state index is -0.307. The smallest absolute Gasteiger partial charge is 0.319 e. The van der Waals surface area contributed by atoms with Gasteiger partial charge in [-0.1, -0.05) is 30.3 Å². The Balaban J connectivity index is 1.60. The van der Waals surface area contributed by atoms with Gasteiger partial charge in [0, 0.05) is 11.3 Å². The molecule has 0 saturated heterocycles. The van der Waals surface area contributed by atoms with Crippen molar-refractivity contribution in [3.8, 4) is 5.75 Å².